The molecule has 0 fully saturated rings. The lowest BCUT2D eigenvalue weighted by Gasteiger charge is -2.34. The van der Waals surface area contributed by atoms with Crippen LogP contribution in [0.4, 0.5) is 5.69 Å². The van der Waals surface area contributed by atoms with Crippen molar-refractivity contribution in [2.45, 2.75) is 32.6 Å². The molecule has 2 heteroatoms. The summed E-state index contributed by atoms with van der Waals surface area (Å²) >= 11 is 2.40. The van der Waals surface area contributed by atoms with Crippen molar-refractivity contribution in [2.24, 2.45) is 0 Å². The van der Waals surface area contributed by atoms with Gasteiger partial charge in [-0.3, -0.25) is 0 Å². The Morgan fingerprint density at radius 3 is 2.79 bits per heavy atom. The van der Waals surface area contributed by atoms with Crippen LogP contribution in [-0.4, -0.2) is 6.54 Å². The highest BCUT2D eigenvalue weighted by atomic mass is 127. The standard InChI is InChI=1S/C12H16IN/c1-8-6-9(13)7-10-11(8)14-5-4-12(10,2)3/h6-7,14H,4-5H2,1-3H3. The second-order valence-electron chi connectivity index (χ2n) is 4.71. The van der Waals surface area contributed by atoms with Gasteiger partial charge in [0.1, 0.15) is 0 Å². The van der Waals surface area contributed by atoms with E-state index in [9.17, 15) is 0 Å². The van der Waals surface area contributed by atoms with Gasteiger partial charge in [0, 0.05) is 15.8 Å². The Kier molecular flexibility index (Phi) is 2.50. The van der Waals surface area contributed by atoms with Crippen molar-refractivity contribution in [1.82, 2.24) is 0 Å². The lowest BCUT2D eigenvalue weighted by atomic mass is 9.77. The first-order valence-corrected chi connectivity index (χ1v) is 6.13. The van der Waals surface area contributed by atoms with Crippen LogP contribution in [0.15, 0.2) is 12.1 Å². The highest BCUT2D eigenvalue weighted by Crippen LogP contribution is 2.39. The fraction of sp³-hybridized carbons (Fsp3) is 0.500. The van der Waals surface area contributed by atoms with E-state index in [0.29, 0.717) is 5.41 Å². The Hall–Kier alpha value is -0.250. The Balaban J connectivity index is 2.63. The molecule has 0 atom stereocenters. The maximum atomic E-state index is 3.51. The molecular formula is C12H16IN. The molecule has 1 aromatic rings. The summed E-state index contributed by atoms with van der Waals surface area (Å²) in [7, 11) is 0. The van der Waals surface area contributed by atoms with Gasteiger partial charge in [0.25, 0.3) is 0 Å². The molecule has 0 radical (unpaired) electrons. The average molecular weight is 301 g/mol. The SMILES string of the molecule is Cc1cc(I)cc2c1NCCC2(C)C. The molecule has 2 rings (SSSR count). The topological polar surface area (TPSA) is 12.0 Å². The number of anilines is 1. The third-order valence-corrected chi connectivity index (χ3v) is 3.70. The van der Waals surface area contributed by atoms with Crippen molar-refractivity contribution in [3.8, 4) is 0 Å². The van der Waals surface area contributed by atoms with E-state index >= 15 is 0 Å². The van der Waals surface area contributed by atoms with Gasteiger partial charge in [-0.05, 0) is 64.6 Å². The fourth-order valence-corrected chi connectivity index (χ4v) is 2.92. The molecule has 0 saturated carbocycles. The predicted molar refractivity (Wildman–Crippen MR) is 70.0 cm³/mol. The number of aryl methyl sites for hydroxylation is 1. The Morgan fingerprint density at radius 1 is 1.36 bits per heavy atom. The van der Waals surface area contributed by atoms with Crippen LogP contribution in [0.2, 0.25) is 0 Å². The van der Waals surface area contributed by atoms with E-state index in [1.54, 1.807) is 0 Å². The summed E-state index contributed by atoms with van der Waals surface area (Å²) < 4.78 is 1.34. The maximum absolute atomic E-state index is 3.51. The molecule has 1 aromatic carbocycles. The molecule has 0 bridgehead atoms. The summed E-state index contributed by atoms with van der Waals surface area (Å²) in [6.07, 6.45) is 1.22. The normalized spacial score (nSPS) is 18.6. The molecular weight excluding hydrogens is 285 g/mol. The molecule has 1 N–H and O–H groups in total. The minimum absolute atomic E-state index is 0.326. The highest BCUT2D eigenvalue weighted by molar-refractivity contribution is 14.1. The minimum Gasteiger partial charge on any atom is -0.385 e. The molecule has 0 aliphatic carbocycles. The van der Waals surface area contributed by atoms with Crippen LogP contribution in [0.1, 0.15) is 31.4 Å². The molecule has 1 aliphatic heterocycles. The van der Waals surface area contributed by atoms with Crippen molar-refractivity contribution in [3.63, 3.8) is 0 Å². The van der Waals surface area contributed by atoms with Crippen LogP contribution in [-0.2, 0) is 5.41 Å². The van der Waals surface area contributed by atoms with E-state index in [-0.39, 0.29) is 0 Å². The molecule has 1 heterocycles. The Labute approximate surface area is 99.4 Å². The number of rotatable bonds is 0. The van der Waals surface area contributed by atoms with Gasteiger partial charge < -0.3 is 5.32 Å². The minimum atomic E-state index is 0.326. The second-order valence-corrected chi connectivity index (χ2v) is 5.95. The van der Waals surface area contributed by atoms with E-state index in [0.717, 1.165) is 6.54 Å². The molecule has 0 aromatic heterocycles. The third kappa shape index (κ3) is 1.64. The summed E-state index contributed by atoms with van der Waals surface area (Å²) in [6.45, 7) is 7.96. The average Bonchev–Trinajstić information content (AvgIpc) is 2.06. The molecule has 0 spiro atoms. The van der Waals surface area contributed by atoms with E-state index in [1.165, 1.54) is 26.8 Å². The lowest BCUT2D eigenvalue weighted by Crippen LogP contribution is -2.28. The van der Waals surface area contributed by atoms with Crippen LogP contribution in [0.3, 0.4) is 0 Å². The second kappa shape index (κ2) is 3.40. The predicted octanol–water partition coefficient (Wildman–Crippen LogP) is 3.69. The number of fused-ring (bicyclic) bond motifs is 1. The first-order valence-electron chi connectivity index (χ1n) is 5.05. The van der Waals surface area contributed by atoms with E-state index in [4.69, 9.17) is 0 Å². The van der Waals surface area contributed by atoms with Gasteiger partial charge >= 0.3 is 0 Å². The van der Waals surface area contributed by atoms with E-state index < -0.39 is 0 Å². The largest absolute Gasteiger partial charge is 0.385 e. The molecule has 0 amide bonds. The summed E-state index contributed by atoms with van der Waals surface area (Å²) in [6, 6.07) is 4.56. The number of halogens is 1. The zero-order chi connectivity index (χ0) is 10.3. The van der Waals surface area contributed by atoms with Crippen molar-refractivity contribution >= 4 is 28.3 Å². The quantitative estimate of drug-likeness (QED) is 0.721. The fourth-order valence-electron chi connectivity index (χ4n) is 2.15. The third-order valence-electron chi connectivity index (χ3n) is 3.08. The van der Waals surface area contributed by atoms with Gasteiger partial charge in [-0.25, -0.2) is 0 Å². The van der Waals surface area contributed by atoms with E-state index in [2.05, 4.69) is 60.8 Å². The molecule has 76 valence electrons. The summed E-state index contributed by atoms with van der Waals surface area (Å²) in [5.74, 6) is 0. The van der Waals surface area contributed by atoms with Crippen molar-refractivity contribution in [3.05, 3.63) is 26.8 Å². The van der Waals surface area contributed by atoms with Gasteiger partial charge in [0.05, 0.1) is 0 Å². The molecule has 0 saturated heterocycles. The number of benzene rings is 1. The van der Waals surface area contributed by atoms with Crippen molar-refractivity contribution in [2.75, 3.05) is 11.9 Å². The molecule has 1 nitrogen and oxygen atoms in total. The smallest absolute Gasteiger partial charge is 0.0408 e. The van der Waals surface area contributed by atoms with Crippen LogP contribution >= 0.6 is 22.6 Å². The zero-order valence-electron chi connectivity index (χ0n) is 8.95. The summed E-state index contributed by atoms with van der Waals surface area (Å²) in [4.78, 5) is 0. The number of nitrogens with one attached hydrogen (secondary N) is 1. The Bertz CT molecular complexity index is 369. The summed E-state index contributed by atoms with van der Waals surface area (Å²) in [5.41, 5.74) is 4.54. The molecule has 0 unspecified atom stereocenters. The van der Waals surface area contributed by atoms with Crippen LogP contribution < -0.4 is 5.32 Å². The number of hydrogen-bond acceptors (Lipinski definition) is 1. The van der Waals surface area contributed by atoms with Gasteiger partial charge in [-0.1, -0.05) is 13.8 Å². The first kappa shape index (κ1) is 10.3. The maximum Gasteiger partial charge on any atom is 0.0408 e. The van der Waals surface area contributed by atoms with Crippen molar-refractivity contribution in [1.29, 1.82) is 0 Å². The summed E-state index contributed by atoms with van der Waals surface area (Å²) in [5, 5.41) is 3.51. The van der Waals surface area contributed by atoms with Crippen LogP contribution in [0, 0.1) is 10.5 Å². The zero-order valence-corrected chi connectivity index (χ0v) is 11.1. The molecule has 1 aliphatic rings. The molecule has 14 heavy (non-hydrogen) atoms. The van der Waals surface area contributed by atoms with Gasteiger partial charge in [0.15, 0.2) is 0 Å². The van der Waals surface area contributed by atoms with Gasteiger partial charge in [-0.15, -0.1) is 0 Å². The monoisotopic (exact) mass is 301 g/mol. The Morgan fingerprint density at radius 2 is 2.07 bits per heavy atom. The van der Waals surface area contributed by atoms with Crippen molar-refractivity contribution < 1.29 is 0 Å². The van der Waals surface area contributed by atoms with Gasteiger partial charge in [-0.2, -0.15) is 0 Å². The van der Waals surface area contributed by atoms with Gasteiger partial charge in [0.2, 0.25) is 0 Å². The first-order chi connectivity index (χ1) is 6.50. The van der Waals surface area contributed by atoms with Crippen LogP contribution in [0.5, 0.6) is 0 Å². The van der Waals surface area contributed by atoms with E-state index in [1.807, 2.05) is 0 Å². The lowest BCUT2D eigenvalue weighted by molar-refractivity contribution is 0.481. The highest BCUT2D eigenvalue weighted by Gasteiger charge is 2.28. The van der Waals surface area contributed by atoms with Crippen LogP contribution in [0.25, 0.3) is 0 Å². The number of hydrogen-bond donors (Lipinski definition) is 1.